The largest absolute Gasteiger partial charge is 0.480 e. The molecule has 0 aliphatic carbocycles. The van der Waals surface area contributed by atoms with Gasteiger partial charge in [0.25, 0.3) is 0 Å². The molecule has 1 atom stereocenters. The highest BCUT2D eigenvalue weighted by Crippen LogP contribution is 2.28. The summed E-state index contributed by atoms with van der Waals surface area (Å²) in [4.78, 5) is 2.35. The minimum atomic E-state index is 0.271. The van der Waals surface area contributed by atoms with Crippen molar-refractivity contribution in [1.82, 2.24) is 4.90 Å². The fraction of sp³-hybridized carbons (Fsp3) is 0.600. The summed E-state index contributed by atoms with van der Waals surface area (Å²) in [7, 11) is 2.35. The second-order valence-electron chi connectivity index (χ2n) is 5.44. The maximum absolute atomic E-state index is 8.96. The first-order valence-corrected chi connectivity index (χ1v) is 7.49. The van der Waals surface area contributed by atoms with E-state index in [1.165, 1.54) is 24.0 Å². The van der Waals surface area contributed by atoms with Crippen molar-refractivity contribution in [1.29, 1.82) is 0 Å². The molecular weight excluding hydrogens is 257 g/mol. The number of β-amino-alcohol motifs (C(OH)–C–C–N with tert-alkyl or cyclic N) is 1. The third-order valence-electron chi connectivity index (χ3n) is 3.97. The number of aliphatic hydroxyl groups excluding tert-OH is 1. The Labute approximate surface area is 118 Å². The topological polar surface area (TPSA) is 32.7 Å². The Balaban J connectivity index is 1.93. The maximum Gasteiger partial charge on any atom is 0.125 e. The Morgan fingerprint density at radius 2 is 2.11 bits per heavy atom. The number of aryl methyl sites for hydroxylation is 1. The first-order chi connectivity index (χ1) is 9.22. The van der Waals surface area contributed by atoms with Crippen molar-refractivity contribution in [2.45, 2.75) is 26.2 Å². The second-order valence-corrected chi connectivity index (χ2v) is 5.68. The molecule has 3 nitrogen and oxygen atoms in total. The third-order valence-corrected chi connectivity index (χ3v) is 4.23. The highest BCUT2D eigenvalue weighted by Gasteiger charge is 2.20. The van der Waals surface area contributed by atoms with E-state index in [0.29, 0.717) is 0 Å². The van der Waals surface area contributed by atoms with Crippen molar-refractivity contribution in [3.63, 3.8) is 0 Å². The first kappa shape index (κ1) is 14.8. The number of hydrogen-bond acceptors (Lipinski definition) is 3. The van der Waals surface area contributed by atoms with Gasteiger partial charge < -0.3 is 14.5 Å². The fourth-order valence-corrected chi connectivity index (χ4v) is 3.08. The van der Waals surface area contributed by atoms with E-state index in [4.69, 9.17) is 9.63 Å². The summed E-state index contributed by atoms with van der Waals surface area (Å²) in [6.07, 6.45) is 3.52. The highest BCUT2D eigenvalue weighted by atomic mass is 31.0. The summed E-state index contributed by atoms with van der Waals surface area (Å²) in [5.74, 6) is 1.71. The molecule has 0 bridgehead atoms. The lowest BCUT2D eigenvalue weighted by Gasteiger charge is -2.31. The highest BCUT2D eigenvalue weighted by molar-refractivity contribution is 7.10. The molecule has 1 aromatic rings. The van der Waals surface area contributed by atoms with E-state index in [0.717, 1.165) is 37.7 Å². The summed E-state index contributed by atoms with van der Waals surface area (Å²) in [6.45, 7) is 5.42. The van der Waals surface area contributed by atoms with Crippen LogP contribution in [0.15, 0.2) is 18.2 Å². The van der Waals surface area contributed by atoms with Crippen LogP contribution in [0.4, 0.5) is 0 Å². The zero-order valence-electron chi connectivity index (χ0n) is 11.6. The summed E-state index contributed by atoms with van der Waals surface area (Å²) in [5, 5.41) is 8.96. The van der Waals surface area contributed by atoms with Crippen molar-refractivity contribution in [2.24, 2.45) is 5.92 Å². The van der Waals surface area contributed by atoms with Gasteiger partial charge in [0.05, 0.1) is 16.1 Å². The maximum atomic E-state index is 8.96. The molecule has 19 heavy (non-hydrogen) atoms. The number of benzene rings is 1. The van der Waals surface area contributed by atoms with Crippen LogP contribution in [0.3, 0.4) is 0 Å². The predicted octanol–water partition coefficient (Wildman–Crippen LogP) is 2.41. The normalized spacial score (nSPS) is 17.6. The molecule has 1 aliphatic heterocycles. The number of hydrogen-bond donors (Lipinski definition) is 1. The van der Waals surface area contributed by atoms with Gasteiger partial charge >= 0.3 is 0 Å². The Kier molecular flexibility index (Phi) is 5.62. The summed E-state index contributed by atoms with van der Waals surface area (Å²) in [5.41, 5.74) is 2.61. The molecule has 0 spiro atoms. The lowest BCUT2D eigenvalue weighted by atomic mass is 9.89. The van der Waals surface area contributed by atoms with E-state index in [-0.39, 0.29) is 6.61 Å². The van der Waals surface area contributed by atoms with E-state index in [9.17, 15) is 0 Å². The van der Waals surface area contributed by atoms with Crippen LogP contribution in [0.1, 0.15) is 24.0 Å². The van der Waals surface area contributed by atoms with Crippen molar-refractivity contribution < 1.29 is 9.63 Å². The van der Waals surface area contributed by atoms with Gasteiger partial charge in [0.15, 0.2) is 0 Å². The average molecular weight is 281 g/mol. The van der Waals surface area contributed by atoms with E-state index in [1.807, 2.05) is 0 Å². The number of piperidine rings is 1. The van der Waals surface area contributed by atoms with Crippen LogP contribution >= 0.6 is 9.47 Å². The van der Waals surface area contributed by atoms with E-state index in [2.05, 4.69) is 39.5 Å². The molecule has 1 N–H and O–H groups in total. The van der Waals surface area contributed by atoms with Crippen LogP contribution in [0.2, 0.25) is 0 Å². The quantitative estimate of drug-likeness (QED) is 0.841. The predicted molar refractivity (Wildman–Crippen MR) is 81.5 cm³/mol. The average Bonchev–Trinajstić information content (AvgIpc) is 2.42. The smallest absolute Gasteiger partial charge is 0.125 e. The van der Waals surface area contributed by atoms with Crippen LogP contribution in [0.5, 0.6) is 5.75 Å². The van der Waals surface area contributed by atoms with Crippen molar-refractivity contribution in [3.8, 4) is 5.75 Å². The molecule has 1 fully saturated rings. The fourth-order valence-electron chi connectivity index (χ4n) is 2.85. The second kappa shape index (κ2) is 7.23. The van der Waals surface area contributed by atoms with Crippen LogP contribution in [-0.4, -0.2) is 36.2 Å². The van der Waals surface area contributed by atoms with Gasteiger partial charge in [-0.25, -0.2) is 0 Å². The van der Waals surface area contributed by atoms with Crippen molar-refractivity contribution in [2.75, 3.05) is 26.2 Å². The van der Waals surface area contributed by atoms with Gasteiger partial charge in [0.2, 0.25) is 0 Å². The zero-order chi connectivity index (χ0) is 13.7. The molecular formula is C15H24NO2P. The number of aliphatic hydroxyl groups is 1. The third kappa shape index (κ3) is 4.17. The molecule has 4 heteroatoms. The Morgan fingerprint density at radius 1 is 1.37 bits per heavy atom. The zero-order valence-corrected chi connectivity index (χ0v) is 12.8. The molecule has 0 aromatic heterocycles. The molecule has 1 unspecified atom stereocenters. The first-order valence-electron chi connectivity index (χ1n) is 7.02. The standard InChI is InChI=1S/C15H24NO2P/c1-12-2-3-15(18-19)14(10-12)11-13-4-6-16(7-5-13)8-9-17/h2-3,10,13,17H,4-9,11,19H2,1H3. The Bertz CT molecular complexity index is 403. The van der Waals surface area contributed by atoms with Crippen LogP contribution in [-0.2, 0) is 6.42 Å². The molecule has 0 amide bonds. The van der Waals surface area contributed by atoms with Crippen LogP contribution < -0.4 is 4.52 Å². The minimum Gasteiger partial charge on any atom is -0.480 e. The van der Waals surface area contributed by atoms with E-state index >= 15 is 0 Å². The van der Waals surface area contributed by atoms with Gasteiger partial charge in [-0.15, -0.1) is 0 Å². The number of rotatable bonds is 5. The van der Waals surface area contributed by atoms with Crippen molar-refractivity contribution in [3.05, 3.63) is 29.3 Å². The van der Waals surface area contributed by atoms with Crippen molar-refractivity contribution >= 4 is 9.47 Å². The number of nitrogens with zero attached hydrogens (tertiary/aromatic N) is 1. The molecule has 106 valence electrons. The SMILES string of the molecule is Cc1ccc(OP)c(CC2CCN(CCO)CC2)c1. The van der Waals surface area contributed by atoms with Gasteiger partial charge in [-0.1, -0.05) is 17.7 Å². The molecule has 2 rings (SSSR count). The summed E-state index contributed by atoms with van der Waals surface area (Å²) < 4.78 is 5.37. The minimum absolute atomic E-state index is 0.271. The lowest BCUT2D eigenvalue weighted by Crippen LogP contribution is -2.36. The Hall–Kier alpha value is -0.630. The van der Waals surface area contributed by atoms with Gasteiger partial charge in [0.1, 0.15) is 5.75 Å². The summed E-state index contributed by atoms with van der Waals surface area (Å²) >= 11 is 0. The molecule has 1 aliphatic rings. The molecule has 1 heterocycles. The number of likely N-dealkylation sites (tertiary alicyclic amines) is 1. The van der Waals surface area contributed by atoms with E-state index in [1.54, 1.807) is 0 Å². The van der Waals surface area contributed by atoms with Crippen LogP contribution in [0, 0.1) is 12.8 Å². The van der Waals surface area contributed by atoms with E-state index < -0.39 is 0 Å². The molecule has 0 radical (unpaired) electrons. The van der Waals surface area contributed by atoms with Gasteiger partial charge in [0, 0.05) is 6.54 Å². The molecule has 1 aromatic carbocycles. The van der Waals surface area contributed by atoms with Gasteiger partial charge in [-0.05, 0) is 56.8 Å². The Morgan fingerprint density at radius 3 is 2.74 bits per heavy atom. The lowest BCUT2D eigenvalue weighted by molar-refractivity contribution is 0.147. The summed E-state index contributed by atoms with van der Waals surface area (Å²) in [6, 6.07) is 6.38. The van der Waals surface area contributed by atoms with Gasteiger partial charge in [-0.3, -0.25) is 0 Å². The monoisotopic (exact) mass is 281 g/mol. The molecule has 0 saturated carbocycles. The molecule has 1 saturated heterocycles. The van der Waals surface area contributed by atoms with Gasteiger partial charge in [-0.2, -0.15) is 0 Å². The van der Waals surface area contributed by atoms with Crippen LogP contribution in [0.25, 0.3) is 0 Å².